The van der Waals surface area contributed by atoms with E-state index in [0.29, 0.717) is 31.7 Å². The molecule has 4 rings (SSSR count). The number of carbonyl (C=O) groups is 1. The van der Waals surface area contributed by atoms with Gasteiger partial charge in [-0.15, -0.1) is 0 Å². The third-order valence-corrected chi connectivity index (χ3v) is 6.09. The van der Waals surface area contributed by atoms with E-state index < -0.39 is 17.6 Å². The van der Waals surface area contributed by atoms with Crippen molar-refractivity contribution in [2.45, 2.75) is 19.0 Å². The number of aromatic nitrogens is 2. The number of methoxy groups -OCH3 is 2. The minimum absolute atomic E-state index is 0.00487. The van der Waals surface area contributed by atoms with E-state index in [9.17, 15) is 18.0 Å². The van der Waals surface area contributed by atoms with Crippen LogP contribution in [-0.2, 0) is 17.4 Å². The number of halogens is 4. The standard InChI is InChI=1S/C24H25F4N5O3/c1-35-17-13-16-20(19(25)21(17)36-2)30-23(31-22(16)29)33-10-8-32(9-11-33)18(34)7-6-14-4-3-5-15(12-14)24(26,27)28/h3-5,12-13H,6-11H2,1-2H3,(H2,29,30,31). The molecule has 0 bridgehead atoms. The molecule has 1 aromatic heterocycles. The molecular formula is C24H25F4N5O3. The summed E-state index contributed by atoms with van der Waals surface area (Å²) < 4.78 is 64.0. The van der Waals surface area contributed by atoms with Crippen LogP contribution in [0.15, 0.2) is 30.3 Å². The Morgan fingerprint density at radius 2 is 1.81 bits per heavy atom. The van der Waals surface area contributed by atoms with Gasteiger partial charge in [-0.25, -0.2) is 9.37 Å². The SMILES string of the molecule is COc1cc2c(N)nc(N3CCN(C(=O)CCc4cccc(C(F)(F)F)c4)CC3)nc2c(F)c1OC. The first-order chi connectivity index (χ1) is 17.1. The van der Waals surface area contributed by atoms with Crippen LogP contribution in [0.1, 0.15) is 17.5 Å². The van der Waals surface area contributed by atoms with E-state index in [1.807, 2.05) is 0 Å². The van der Waals surface area contributed by atoms with Gasteiger partial charge in [-0.1, -0.05) is 18.2 Å². The minimum Gasteiger partial charge on any atom is -0.493 e. The molecule has 0 spiro atoms. The van der Waals surface area contributed by atoms with Crippen molar-refractivity contribution in [1.82, 2.24) is 14.9 Å². The van der Waals surface area contributed by atoms with Crippen molar-refractivity contribution in [2.75, 3.05) is 51.0 Å². The van der Waals surface area contributed by atoms with Crippen LogP contribution in [0.3, 0.4) is 0 Å². The fourth-order valence-corrected chi connectivity index (χ4v) is 4.15. The molecule has 1 aliphatic rings. The average Bonchev–Trinajstić information content (AvgIpc) is 2.87. The summed E-state index contributed by atoms with van der Waals surface area (Å²) in [5, 5.41) is 0.289. The first-order valence-electron chi connectivity index (χ1n) is 11.2. The lowest BCUT2D eigenvalue weighted by Gasteiger charge is -2.35. The van der Waals surface area contributed by atoms with Crippen molar-refractivity contribution in [3.8, 4) is 11.5 Å². The fourth-order valence-electron chi connectivity index (χ4n) is 4.15. The number of piperazine rings is 1. The van der Waals surface area contributed by atoms with Crippen LogP contribution < -0.4 is 20.1 Å². The zero-order valence-corrected chi connectivity index (χ0v) is 19.7. The van der Waals surface area contributed by atoms with Crippen molar-refractivity contribution in [1.29, 1.82) is 0 Å². The molecule has 192 valence electrons. The van der Waals surface area contributed by atoms with Gasteiger partial charge < -0.3 is 25.0 Å². The number of aryl methyl sites for hydroxylation is 1. The molecule has 2 aromatic carbocycles. The number of rotatable bonds is 6. The maximum Gasteiger partial charge on any atom is 0.416 e. The van der Waals surface area contributed by atoms with Gasteiger partial charge in [-0.3, -0.25) is 4.79 Å². The topological polar surface area (TPSA) is 93.8 Å². The Morgan fingerprint density at radius 1 is 1.08 bits per heavy atom. The van der Waals surface area contributed by atoms with Crippen LogP contribution >= 0.6 is 0 Å². The molecule has 2 N–H and O–H groups in total. The van der Waals surface area contributed by atoms with Crippen LogP contribution in [0, 0.1) is 5.82 Å². The number of alkyl halides is 3. The number of nitrogens with two attached hydrogens (primary N) is 1. The van der Waals surface area contributed by atoms with Crippen molar-refractivity contribution in [3.63, 3.8) is 0 Å². The van der Waals surface area contributed by atoms with E-state index >= 15 is 4.39 Å². The molecule has 8 nitrogen and oxygen atoms in total. The molecule has 1 saturated heterocycles. The molecular weight excluding hydrogens is 482 g/mol. The Morgan fingerprint density at radius 3 is 2.44 bits per heavy atom. The Balaban J connectivity index is 1.42. The first-order valence-corrected chi connectivity index (χ1v) is 11.2. The third kappa shape index (κ3) is 5.07. The molecule has 0 radical (unpaired) electrons. The predicted octanol–water partition coefficient (Wildman–Crippen LogP) is 3.67. The molecule has 3 aromatic rings. The molecule has 36 heavy (non-hydrogen) atoms. The molecule has 0 saturated carbocycles. The number of nitrogens with zero attached hydrogens (tertiary/aromatic N) is 4. The molecule has 12 heteroatoms. The van der Waals surface area contributed by atoms with Gasteiger partial charge in [0.25, 0.3) is 0 Å². The Labute approximate surface area is 204 Å². The maximum atomic E-state index is 15.0. The molecule has 0 aliphatic carbocycles. The van der Waals surface area contributed by atoms with Crippen molar-refractivity contribution < 1.29 is 31.8 Å². The lowest BCUT2D eigenvalue weighted by Crippen LogP contribution is -2.49. The van der Waals surface area contributed by atoms with Gasteiger partial charge in [0.05, 0.1) is 19.8 Å². The van der Waals surface area contributed by atoms with E-state index in [-0.39, 0.29) is 52.9 Å². The molecule has 2 heterocycles. The van der Waals surface area contributed by atoms with Crippen molar-refractivity contribution in [3.05, 3.63) is 47.3 Å². The number of fused-ring (bicyclic) bond motifs is 1. The number of anilines is 2. The summed E-state index contributed by atoms with van der Waals surface area (Å²) in [6.07, 6.45) is -4.13. The quantitative estimate of drug-likeness (QED) is 0.509. The van der Waals surface area contributed by atoms with E-state index in [2.05, 4.69) is 9.97 Å². The summed E-state index contributed by atoms with van der Waals surface area (Å²) in [7, 11) is 2.70. The number of hydrogen-bond donors (Lipinski definition) is 1. The summed E-state index contributed by atoms with van der Waals surface area (Å²) in [5.74, 6) is -0.496. The first kappa shape index (κ1) is 25.3. The van der Waals surface area contributed by atoms with Crippen LogP contribution in [0.2, 0.25) is 0 Å². The van der Waals surface area contributed by atoms with Gasteiger partial charge in [-0.05, 0) is 24.1 Å². The predicted molar refractivity (Wildman–Crippen MR) is 126 cm³/mol. The highest BCUT2D eigenvalue weighted by Crippen LogP contribution is 2.37. The van der Waals surface area contributed by atoms with Crippen LogP contribution in [0.25, 0.3) is 10.9 Å². The molecule has 1 amide bonds. The van der Waals surface area contributed by atoms with Gasteiger partial charge in [0.1, 0.15) is 11.3 Å². The van der Waals surface area contributed by atoms with Gasteiger partial charge >= 0.3 is 6.18 Å². The second-order valence-electron chi connectivity index (χ2n) is 8.30. The molecule has 0 atom stereocenters. The van der Waals surface area contributed by atoms with Crippen LogP contribution in [0.5, 0.6) is 11.5 Å². The Bertz CT molecular complexity index is 1280. The van der Waals surface area contributed by atoms with Crippen LogP contribution in [0.4, 0.5) is 29.3 Å². The highest BCUT2D eigenvalue weighted by atomic mass is 19.4. The van der Waals surface area contributed by atoms with Crippen LogP contribution in [-0.4, -0.2) is 61.2 Å². The van der Waals surface area contributed by atoms with Gasteiger partial charge in [0.15, 0.2) is 17.3 Å². The largest absolute Gasteiger partial charge is 0.493 e. The molecule has 1 fully saturated rings. The Kier molecular flexibility index (Phi) is 7.04. The number of nitrogen functional groups attached to an aromatic ring is 1. The number of carbonyl (C=O) groups excluding carboxylic acids is 1. The number of amides is 1. The van der Waals surface area contributed by atoms with Crippen molar-refractivity contribution in [2.24, 2.45) is 0 Å². The smallest absolute Gasteiger partial charge is 0.416 e. The van der Waals surface area contributed by atoms with Gasteiger partial charge in [-0.2, -0.15) is 18.2 Å². The average molecular weight is 507 g/mol. The number of ether oxygens (including phenoxy) is 2. The number of benzene rings is 2. The zero-order valence-electron chi connectivity index (χ0n) is 19.7. The fraction of sp³-hybridized carbons (Fsp3) is 0.375. The minimum atomic E-state index is -4.43. The summed E-state index contributed by atoms with van der Waals surface area (Å²) in [6.45, 7) is 1.48. The lowest BCUT2D eigenvalue weighted by molar-refractivity contribution is -0.137. The summed E-state index contributed by atoms with van der Waals surface area (Å²) in [6, 6.07) is 6.50. The van der Waals surface area contributed by atoms with Gasteiger partial charge in [0, 0.05) is 38.0 Å². The highest BCUT2D eigenvalue weighted by molar-refractivity contribution is 5.92. The summed E-state index contributed by atoms with van der Waals surface area (Å²) >= 11 is 0. The monoisotopic (exact) mass is 507 g/mol. The molecule has 1 aliphatic heterocycles. The third-order valence-electron chi connectivity index (χ3n) is 6.09. The van der Waals surface area contributed by atoms with Gasteiger partial charge in [0.2, 0.25) is 11.9 Å². The van der Waals surface area contributed by atoms with E-state index in [0.717, 1.165) is 12.1 Å². The highest BCUT2D eigenvalue weighted by Gasteiger charge is 2.30. The van der Waals surface area contributed by atoms with E-state index in [1.54, 1.807) is 15.9 Å². The van der Waals surface area contributed by atoms with Crippen molar-refractivity contribution >= 4 is 28.6 Å². The summed E-state index contributed by atoms with van der Waals surface area (Å²) in [4.78, 5) is 24.7. The Hall–Kier alpha value is -3.83. The maximum absolute atomic E-state index is 15.0. The second kappa shape index (κ2) is 10.0. The lowest BCUT2D eigenvalue weighted by atomic mass is 10.1. The second-order valence-corrected chi connectivity index (χ2v) is 8.30. The van der Waals surface area contributed by atoms with E-state index in [1.165, 1.54) is 26.4 Å². The zero-order chi connectivity index (χ0) is 26.0. The normalized spacial score (nSPS) is 14.3. The summed E-state index contributed by atoms with van der Waals surface area (Å²) in [5.41, 5.74) is 5.79. The van der Waals surface area contributed by atoms with E-state index in [4.69, 9.17) is 15.2 Å². The molecule has 0 unspecified atom stereocenters. The number of hydrogen-bond acceptors (Lipinski definition) is 7.